The normalized spacial score (nSPS) is 11.6. The fourth-order valence-electron chi connectivity index (χ4n) is 1.75. The van der Waals surface area contributed by atoms with E-state index in [9.17, 15) is 0 Å². The average molecular weight is 291 g/mol. The minimum atomic E-state index is 0.533. The first-order valence-corrected chi connectivity index (χ1v) is 7.89. The summed E-state index contributed by atoms with van der Waals surface area (Å²) in [6.07, 6.45) is 1.09. The molecule has 0 atom stereocenters. The zero-order valence-corrected chi connectivity index (χ0v) is 13.8. The predicted octanol–water partition coefficient (Wildman–Crippen LogP) is 3.19. The molecule has 1 aromatic carbocycles. The molecule has 0 unspecified atom stereocenters. The van der Waals surface area contributed by atoms with Gasteiger partial charge < -0.3 is 15.4 Å². The Morgan fingerprint density at radius 3 is 2.71 bits per heavy atom. The van der Waals surface area contributed by atoms with E-state index < -0.39 is 0 Å². The number of rotatable bonds is 8. The first kappa shape index (κ1) is 17.3. The highest BCUT2D eigenvalue weighted by Crippen LogP contribution is 2.15. The summed E-state index contributed by atoms with van der Waals surface area (Å²) in [4.78, 5) is 4.60. The van der Waals surface area contributed by atoms with E-state index in [1.165, 1.54) is 0 Å². The molecular formula is C17H29N3O. The molecule has 1 aromatic rings. The van der Waals surface area contributed by atoms with Gasteiger partial charge in [-0.1, -0.05) is 32.9 Å². The van der Waals surface area contributed by atoms with Crippen molar-refractivity contribution in [2.24, 2.45) is 10.9 Å². The third-order valence-corrected chi connectivity index (χ3v) is 2.79. The van der Waals surface area contributed by atoms with E-state index >= 15 is 0 Å². The molecule has 0 fully saturated rings. The summed E-state index contributed by atoms with van der Waals surface area (Å²) in [6, 6.07) is 8.16. The molecular weight excluding hydrogens is 262 g/mol. The number of aliphatic imine (C=N–C) groups is 1. The number of guanidine groups is 1. The van der Waals surface area contributed by atoms with Crippen molar-refractivity contribution in [1.82, 2.24) is 10.6 Å². The van der Waals surface area contributed by atoms with Crippen molar-refractivity contribution in [2.45, 2.75) is 40.7 Å². The molecule has 2 N–H and O–H groups in total. The number of nitrogens with one attached hydrogen (secondary N) is 2. The monoisotopic (exact) mass is 291 g/mol. The zero-order valence-electron chi connectivity index (χ0n) is 13.8. The fraction of sp³-hybridized carbons (Fsp3) is 0.588. The minimum Gasteiger partial charge on any atom is -0.493 e. The lowest BCUT2D eigenvalue weighted by Crippen LogP contribution is -2.37. The van der Waals surface area contributed by atoms with E-state index in [1.54, 1.807) is 0 Å². The van der Waals surface area contributed by atoms with Gasteiger partial charge in [0.25, 0.3) is 0 Å². The molecule has 0 aliphatic rings. The Morgan fingerprint density at radius 2 is 2.05 bits per heavy atom. The van der Waals surface area contributed by atoms with Crippen molar-refractivity contribution in [3.63, 3.8) is 0 Å². The fourth-order valence-corrected chi connectivity index (χ4v) is 1.75. The average Bonchev–Trinajstić information content (AvgIpc) is 2.48. The summed E-state index contributed by atoms with van der Waals surface area (Å²) >= 11 is 0. The van der Waals surface area contributed by atoms with E-state index in [1.807, 2.05) is 12.1 Å². The molecule has 4 nitrogen and oxygen atoms in total. The molecule has 0 heterocycles. The van der Waals surface area contributed by atoms with Gasteiger partial charge in [0.1, 0.15) is 5.75 Å². The highest BCUT2D eigenvalue weighted by Gasteiger charge is 2.00. The summed E-state index contributed by atoms with van der Waals surface area (Å²) in [5.41, 5.74) is 1.16. The largest absolute Gasteiger partial charge is 0.493 e. The van der Waals surface area contributed by atoms with Gasteiger partial charge in [-0.05, 0) is 37.0 Å². The Bertz CT molecular complexity index is 430. The molecule has 0 radical (unpaired) electrons. The molecule has 118 valence electrons. The quantitative estimate of drug-likeness (QED) is 0.571. The van der Waals surface area contributed by atoms with Gasteiger partial charge in [-0.2, -0.15) is 0 Å². The van der Waals surface area contributed by atoms with Crippen LogP contribution in [-0.4, -0.2) is 25.7 Å². The van der Waals surface area contributed by atoms with Crippen LogP contribution in [0.25, 0.3) is 0 Å². The third-order valence-electron chi connectivity index (χ3n) is 2.79. The van der Waals surface area contributed by atoms with Crippen LogP contribution < -0.4 is 15.4 Å². The van der Waals surface area contributed by atoms with Crippen molar-refractivity contribution < 1.29 is 4.74 Å². The lowest BCUT2D eigenvalue weighted by Gasteiger charge is -2.11. The number of hydrogen-bond acceptors (Lipinski definition) is 2. The van der Waals surface area contributed by atoms with E-state index in [2.05, 4.69) is 55.5 Å². The Balaban J connectivity index is 2.61. The second kappa shape index (κ2) is 10.1. The van der Waals surface area contributed by atoms with Crippen LogP contribution in [0.15, 0.2) is 29.3 Å². The summed E-state index contributed by atoms with van der Waals surface area (Å²) < 4.78 is 5.75. The Hall–Kier alpha value is -1.71. The zero-order chi connectivity index (χ0) is 15.5. The van der Waals surface area contributed by atoms with Gasteiger partial charge >= 0.3 is 0 Å². The highest BCUT2D eigenvalue weighted by atomic mass is 16.5. The Labute approximate surface area is 129 Å². The minimum absolute atomic E-state index is 0.533. The number of hydrogen-bond donors (Lipinski definition) is 2. The van der Waals surface area contributed by atoms with Gasteiger partial charge in [-0.25, -0.2) is 4.99 Å². The molecule has 0 bridgehead atoms. The third kappa shape index (κ3) is 7.59. The van der Waals surface area contributed by atoms with Crippen LogP contribution >= 0.6 is 0 Å². The van der Waals surface area contributed by atoms with Crippen LogP contribution in [0.3, 0.4) is 0 Å². The molecule has 0 saturated carbocycles. The Kier molecular flexibility index (Phi) is 8.32. The molecule has 0 aliphatic heterocycles. The van der Waals surface area contributed by atoms with E-state index in [0.29, 0.717) is 12.5 Å². The maximum atomic E-state index is 5.75. The predicted molar refractivity (Wildman–Crippen MR) is 89.9 cm³/mol. The molecule has 0 spiro atoms. The number of ether oxygens (including phenoxy) is 1. The topological polar surface area (TPSA) is 45.7 Å². The second-order valence-electron chi connectivity index (χ2n) is 5.47. The maximum Gasteiger partial charge on any atom is 0.191 e. The lowest BCUT2D eigenvalue weighted by atomic mass is 10.2. The van der Waals surface area contributed by atoms with Crippen LogP contribution in [0.2, 0.25) is 0 Å². The molecule has 0 saturated heterocycles. The first-order chi connectivity index (χ1) is 10.2. The first-order valence-electron chi connectivity index (χ1n) is 7.89. The maximum absolute atomic E-state index is 5.75. The summed E-state index contributed by atoms with van der Waals surface area (Å²) in [5.74, 6) is 2.32. The van der Waals surface area contributed by atoms with Gasteiger partial charge in [0.15, 0.2) is 5.96 Å². The van der Waals surface area contributed by atoms with Gasteiger partial charge in [-0.15, -0.1) is 0 Å². The Morgan fingerprint density at radius 1 is 1.24 bits per heavy atom. The summed E-state index contributed by atoms with van der Waals surface area (Å²) in [6.45, 7) is 11.7. The van der Waals surface area contributed by atoms with Gasteiger partial charge in [0, 0.05) is 13.1 Å². The molecule has 4 heteroatoms. The standard InChI is InChI=1S/C17H29N3O/c1-5-10-19-17(18-6-2)20-12-15-8-7-9-16(11-15)21-13-14(3)4/h7-9,11,14H,5-6,10,12-13H2,1-4H3,(H2,18,19,20). The van der Waals surface area contributed by atoms with Crippen molar-refractivity contribution in [3.8, 4) is 5.75 Å². The van der Waals surface area contributed by atoms with Gasteiger partial charge in [0.05, 0.1) is 13.2 Å². The van der Waals surface area contributed by atoms with Crippen molar-refractivity contribution in [3.05, 3.63) is 29.8 Å². The number of nitrogens with zero attached hydrogens (tertiary/aromatic N) is 1. The van der Waals surface area contributed by atoms with Crippen LogP contribution in [0.4, 0.5) is 0 Å². The number of benzene rings is 1. The van der Waals surface area contributed by atoms with Crippen LogP contribution in [-0.2, 0) is 6.54 Å². The van der Waals surface area contributed by atoms with Crippen LogP contribution in [0.5, 0.6) is 5.75 Å². The molecule has 0 aromatic heterocycles. The van der Waals surface area contributed by atoms with Crippen molar-refractivity contribution in [2.75, 3.05) is 19.7 Å². The summed E-state index contributed by atoms with van der Waals surface area (Å²) in [7, 11) is 0. The van der Waals surface area contributed by atoms with E-state index in [4.69, 9.17) is 4.74 Å². The van der Waals surface area contributed by atoms with Crippen molar-refractivity contribution >= 4 is 5.96 Å². The molecule has 0 amide bonds. The lowest BCUT2D eigenvalue weighted by molar-refractivity contribution is 0.271. The van der Waals surface area contributed by atoms with Gasteiger partial charge in [-0.3, -0.25) is 0 Å². The van der Waals surface area contributed by atoms with E-state index in [0.717, 1.165) is 43.4 Å². The summed E-state index contributed by atoms with van der Waals surface area (Å²) in [5, 5.41) is 6.55. The van der Waals surface area contributed by atoms with Crippen LogP contribution in [0, 0.1) is 5.92 Å². The SMILES string of the molecule is CCCNC(=NCc1cccc(OCC(C)C)c1)NCC. The van der Waals surface area contributed by atoms with Gasteiger partial charge in [0.2, 0.25) is 0 Å². The smallest absolute Gasteiger partial charge is 0.191 e. The molecule has 21 heavy (non-hydrogen) atoms. The van der Waals surface area contributed by atoms with Crippen LogP contribution in [0.1, 0.15) is 39.7 Å². The molecule has 1 rings (SSSR count). The highest BCUT2D eigenvalue weighted by molar-refractivity contribution is 5.79. The second-order valence-corrected chi connectivity index (χ2v) is 5.47. The van der Waals surface area contributed by atoms with E-state index in [-0.39, 0.29) is 0 Å². The van der Waals surface area contributed by atoms with Crippen molar-refractivity contribution in [1.29, 1.82) is 0 Å². The molecule has 0 aliphatic carbocycles.